The Morgan fingerprint density at radius 1 is 1.00 bits per heavy atom. The SMILES string of the molecule is CC(=O)/C=C/C(=O)c1ccc(NC(=O)c2csc3c2c(C)nn3-c2ccccc2)cc1. The van der Waals surface area contributed by atoms with Gasteiger partial charge in [-0.25, -0.2) is 4.68 Å². The Hall–Kier alpha value is -3.84. The van der Waals surface area contributed by atoms with Crippen LogP contribution >= 0.6 is 11.3 Å². The molecular formula is C24H19N3O3S. The van der Waals surface area contributed by atoms with Crippen LogP contribution in [0.4, 0.5) is 5.69 Å². The fraction of sp³-hybridized carbons (Fsp3) is 0.0833. The molecule has 4 aromatic rings. The van der Waals surface area contributed by atoms with E-state index in [2.05, 4.69) is 10.4 Å². The van der Waals surface area contributed by atoms with Gasteiger partial charge in [-0.3, -0.25) is 14.4 Å². The first-order valence-corrected chi connectivity index (χ1v) is 10.5. The Kier molecular flexibility index (Phi) is 5.60. The highest BCUT2D eigenvalue weighted by molar-refractivity contribution is 7.17. The lowest BCUT2D eigenvalue weighted by Crippen LogP contribution is -2.11. The van der Waals surface area contributed by atoms with Crippen molar-refractivity contribution in [1.82, 2.24) is 9.78 Å². The number of allylic oxidation sites excluding steroid dienone is 2. The number of carbonyl (C=O) groups excluding carboxylic acids is 3. The third kappa shape index (κ3) is 4.22. The van der Waals surface area contributed by atoms with Crippen LogP contribution in [0, 0.1) is 6.92 Å². The minimum absolute atomic E-state index is 0.190. The maximum atomic E-state index is 12.9. The topological polar surface area (TPSA) is 81.1 Å². The van der Waals surface area contributed by atoms with Crippen molar-refractivity contribution in [3.05, 3.63) is 89.0 Å². The lowest BCUT2D eigenvalue weighted by Gasteiger charge is -2.05. The summed E-state index contributed by atoms with van der Waals surface area (Å²) in [5, 5.41) is 10.1. The number of carbonyl (C=O) groups is 3. The number of hydrogen-bond donors (Lipinski definition) is 1. The summed E-state index contributed by atoms with van der Waals surface area (Å²) in [5.41, 5.74) is 3.29. The van der Waals surface area contributed by atoms with Crippen molar-refractivity contribution in [2.45, 2.75) is 13.8 Å². The molecule has 2 aromatic carbocycles. The predicted octanol–water partition coefficient (Wildman–Crippen LogP) is 4.98. The largest absolute Gasteiger partial charge is 0.322 e. The first kappa shape index (κ1) is 20.4. The van der Waals surface area contributed by atoms with Gasteiger partial charge in [0.15, 0.2) is 11.6 Å². The Morgan fingerprint density at radius 2 is 1.71 bits per heavy atom. The Morgan fingerprint density at radius 3 is 2.39 bits per heavy atom. The van der Waals surface area contributed by atoms with Crippen molar-refractivity contribution in [3.8, 4) is 5.69 Å². The Balaban J connectivity index is 1.56. The molecule has 1 N–H and O–H groups in total. The second-order valence-corrected chi connectivity index (χ2v) is 7.86. The van der Waals surface area contributed by atoms with Crippen molar-refractivity contribution in [1.29, 1.82) is 0 Å². The average Bonchev–Trinajstić information content (AvgIpc) is 3.34. The number of amides is 1. The number of hydrogen-bond acceptors (Lipinski definition) is 5. The van der Waals surface area contributed by atoms with Crippen molar-refractivity contribution in [3.63, 3.8) is 0 Å². The van der Waals surface area contributed by atoms with Gasteiger partial charge < -0.3 is 5.32 Å². The molecule has 0 radical (unpaired) electrons. The van der Waals surface area contributed by atoms with E-state index in [9.17, 15) is 14.4 Å². The number of nitrogens with one attached hydrogen (secondary N) is 1. The predicted molar refractivity (Wildman–Crippen MR) is 122 cm³/mol. The van der Waals surface area contributed by atoms with E-state index in [1.165, 1.54) is 30.4 Å². The van der Waals surface area contributed by atoms with Crippen molar-refractivity contribution < 1.29 is 14.4 Å². The highest BCUT2D eigenvalue weighted by Gasteiger charge is 2.20. The molecule has 0 aliphatic carbocycles. The fourth-order valence-electron chi connectivity index (χ4n) is 3.22. The maximum absolute atomic E-state index is 12.9. The molecule has 6 nitrogen and oxygen atoms in total. The second-order valence-electron chi connectivity index (χ2n) is 7.00. The lowest BCUT2D eigenvalue weighted by atomic mass is 10.1. The lowest BCUT2D eigenvalue weighted by molar-refractivity contribution is -0.112. The molecule has 0 aliphatic rings. The fourth-order valence-corrected chi connectivity index (χ4v) is 4.29. The van der Waals surface area contributed by atoms with E-state index >= 15 is 0 Å². The van der Waals surface area contributed by atoms with Gasteiger partial charge in [-0.15, -0.1) is 11.3 Å². The van der Waals surface area contributed by atoms with Crippen LogP contribution in [0.3, 0.4) is 0 Å². The molecule has 0 atom stereocenters. The highest BCUT2D eigenvalue weighted by Crippen LogP contribution is 2.31. The van der Waals surface area contributed by atoms with Crippen LogP contribution in [-0.2, 0) is 4.79 Å². The van der Waals surface area contributed by atoms with Gasteiger partial charge in [0.2, 0.25) is 0 Å². The number of para-hydroxylation sites is 1. The van der Waals surface area contributed by atoms with E-state index < -0.39 is 0 Å². The van der Waals surface area contributed by atoms with Gasteiger partial charge in [-0.1, -0.05) is 18.2 Å². The number of anilines is 1. The van der Waals surface area contributed by atoms with Gasteiger partial charge in [0.25, 0.3) is 5.91 Å². The van der Waals surface area contributed by atoms with E-state index in [1.807, 2.05) is 47.3 Å². The minimum Gasteiger partial charge on any atom is -0.322 e. The number of rotatable bonds is 6. The molecule has 2 aromatic heterocycles. The molecule has 31 heavy (non-hydrogen) atoms. The number of thiophene rings is 1. The minimum atomic E-state index is -0.267. The van der Waals surface area contributed by atoms with Gasteiger partial charge >= 0.3 is 0 Å². The number of ketones is 2. The summed E-state index contributed by atoms with van der Waals surface area (Å²) in [6.07, 6.45) is 2.48. The number of aromatic nitrogens is 2. The molecule has 0 bridgehead atoms. The zero-order chi connectivity index (χ0) is 22.0. The monoisotopic (exact) mass is 429 g/mol. The molecule has 0 saturated heterocycles. The zero-order valence-corrected chi connectivity index (χ0v) is 17.8. The molecule has 0 unspecified atom stereocenters. The Labute approximate surface area is 182 Å². The van der Waals surface area contributed by atoms with E-state index in [0.29, 0.717) is 16.8 Å². The van der Waals surface area contributed by atoms with Crippen LogP contribution in [0.2, 0.25) is 0 Å². The normalized spacial score (nSPS) is 11.2. The first-order chi connectivity index (χ1) is 14.9. The van der Waals surface area contributed by atoms with E-state index in [0.717, 1.165) is 21.6 Å². The smallest absolute Gasteiger partial charge is 0.257 e. The highest BCUT2D eigenvalue weighted by atomic mass is 32.1. The van der Waals surface area contributed by atoms with E-state index in [-0.39, 0.29) is 17.5 Å². The number of nitrogens with zero attached hydrogens (tertiary/aromatic N) is 2. The molecular weight excluding hydrogens is 410 g/mol. The molecule has 2 heterocycles. The molecule has 0 aliphatic heterocycles. The van der Waals surface area contributed by atoms with Crippen molar-refractivity contribution in [2.24, 2.45) is 0 Å². The van der Waals surface area contributed by atoms with Gasteiger partial charge in [-0.2, -0.15) is 5.10 Å². The standard InChI is InChI=1S/C24H19N3O3S/c1-15(28)8-13-21(29)17-9-11-18(12-10-17)25-23(30)20-14-31-24-22(20)16(2)26-27(24)19-6-4-3-5-7-19/h3-14H,1-2H3,(H,25,30)/b13-8+. The van der Waals surface area contributed by atoms with Gasteiger partial charge in [-0.05, 0) is 62.4 Å². The number of fused-ring (bicyclic) bond motifs is 1. The molecule has 1 amide bonds. The van der Waals surface area contributed by atoms with Gasteiger partial charge in [0.05, 0.1) is 16.9 Å². The van der Waals surface area contributed by atoms with Crippen LogP contribution in [-0.4, -0.2) is 27.3 Å². The van der Waals surface area contributed by atoms with Crippen LogP contribution in [0.25, 0.3) is 15.9 Å². The maximum Gasteiger partial charge on any atom is 0.257 e. The first-order valence-electron chi connectivity index (χ1n) is 9.60. The van der Waals surface area contributed by atoms with Crippen molar-refractivity contribution in [2.75, 3.05) is 5.32 Å². The third-order valence-corrected chi connectivity index (χ3v) is 5.67. The van der Waals surface area contributed by atoms with Crippen LogP contribution in [0.1, 0.15) is 33.3 Å². The van der Waals surface area contributed by atoms with Crippen LogP contribution in [0.15, 0.2) is 72.1 Å². The van der Waals surface area contributed by atoms with E-state index in [1.54, 1.807) is 24.3 Å². The molecule has 0 spiro atoms. The molecule has 0 saturated carbocycles. The average molecular weight is 430 g/mol. The summed E-state index contributed by atoms with van der Waals surface area (Å²) in [4.78, 5) is 36.8. The molecule has 7 heteroatoms. The van der Waals surface area contributed by atoms with Gasteiger partial charge in [0, 0.05) is 22.0 Å². The molecule has 154 valence electrons. The summed E-state index contributed by atoms with van der Waals surface area (Å²) < 4.78 is 1.85. The second kappa shape index (κ2) is 8.49. The van der Waals surface area contributed by atoms with Crippen LogP contribution < -0.4 is 5.32 Å². The summed E-state index contributed by atoms with van der Waals surface area (Å²) in [7, 11) is 0. The number of benzene rings is 2. The Bertz CT molecular complexity index is 1320. The summed E-state index contributed by atoms with van der Waals surface area (Å²) in [6, 6.07) is 16.3. The van der Waals surface area contributed by atoms with Crippen molar-refractivity contribution >= 4 is 44.7 Å². The van der Waals surface area contributed by atoms with Gasteiger partial charge in [0.1, 0.15) is 4.83 Å². The van der Waals surface area contributed by atoms with Crippen LogP contribution in [0.5, 0.6) is 0 Å². The summed E-state index contributed by atoms with van der Waals surface area (Å²) in [6.45, 7) is 3.27. The number of aryl methyl sites for hydroxylation is 1. The molecule has 4 rings (SSSR count). The third-order valence-electron chi connectivity index (χ3n) is 4.72. The van der Waals surface area contributed by atoms with E-state index in [4.69, 9.17) is 0 Å². The summed E-state index contributed by atoms with van der Waals surface area (Å²) >= 11 is 1.47. The zero-order valence-electron chi connectivity index (χ0n) is 17.0. The summed E-state index contributed by atoms with van der Waals surface area (Å²) in [5.74, 6) is -0.695. The quantitative estimate of drug-likeness (QED) is 0.346. The molecule has 0 fully saturated rings.